The molecule has 0 heterocycles. The van der Waals surface area contributed by atoms with Gasteiger partial charge in [0, 0.05) is 0 Å². The Morgan fingerprint density at radius 1 is 1.15 bits per heavy atom. The molecule has 0 radical (unpaired) electrons. The van der Waals surface area contributed by atoms with Gasteiger partial charge in [-0.3, -0.25) is 0 Å². The van der Waals surface area contributed by atoms with Gasteiger partial charge < -0.3 is 0 Å². The van der Waals surface area contributed by atoms with Gasteiger partial charge in [0.2, 0.25) is 0 Å². The van der Waals surface area contributed by atoms with Crippen molar-refractivity contribution in [1.29, 1.82) is 0 Å². The van der Waals surface area contributed by atoms with Crippen LogP contribution in [0.1, 0.15) is 85.0 Å². The molecule has 0 bridgehead atoms. The normalized spacial score (nSPS) is 35.0. The summed E-state index contributed by atoms with van der Waals surface area (Å²) in [6.45, 7) is 7.17. The second-order valence-electron chi connectivity index (χ2n) is 8.51. The molecule has 0 aliphatic heterocycles. The molecule has 0 N–H and O–H groups in total. The predicted octanol–water partition coefficient (Wildman–Crippen LogP) is 6.37. The summed E-state index contributed by atoms with van der Waals surface area (Å²) in [5, 5.41) is 0. The monoisotopic (exact) mass is 274 g/mol. The van der Waals surface area contributed by atoms with Gasteiger partial charge in [0.05, 0.1) is 0 Å². The van der Waals surface area contributed by atoms with Gasteiger partial charge in [0.15, 0.2) is 0 Å². The van der Waals surface area contributed by atoms with Crippen molar-refractivity contribution in [3.05, 3.63) is 11.6 Å². The SMILES string of the molecule is CCC1C(CCC(C)C)C1CC1=CCCC2(CCC2)C1. The highest BCUT2D eigenvalue weighted by Crippen LogP contribution is 2.58. The second-order valence-corrected chi connectivity index (χ2v) is 8.51. The van der Waals surface area contributed by atoms with Crippen molar-refractivity contribution in [3.8, 4) is 0 Å². The average molecular weight is 274 g/mol. The Labute approximate surface area is 126 Å². The topological polar surface area (TPSA) is 0 Å². The quantitative estimate of drug-likeness (QED) is 0.494. The first-order chi connectivity index (χ1) is 9.63. The van der Waals surface area contributed by atoms with Crippen LogP contribution < -0.4 is 0 Å². The van der Waals surface area contributed by atoms with E-state index >= 15 is 0 Å². The average Bonchev–Trinajstić information content (AvgIpc) is 3.06. The first kappa shape index (κ1) is 14.7. The third-order valence-electron chi connectivity index (χ3n) is 6.68. The lowest BCUT2D eigenvalue weighted by atomic mass is 9.60. The molecule has 2 fully saturated rings. The fraction of sp³-hybridized carbons (Fsp3) is 0.900. The summed E-state index contributed by atoms with van der Waals surface area (Å²) in [7, 11) is 0. The predicted molar refractivity (Wildman–Crippen MR) is 87.7 cm³/mol. The molecule has 114 valence electrons. The lowest BCUT2D eigenvalue weighted by Crippen LogP contribution is -2.31. The minimum atomic E-state index is 0.786. The van der Waals surface area contributed by atoms with Gasteiger partial charge in [-0.05, 0) is 74.0 Å². The van der Waals surface area contributed by atoms with Crippen molar-refractivity contribution in [1.82, 2.24) is 0 Å². The van der Waals surface area contributed by atoms with Crippen LogP contribution in [-0.2, 0) is 0 Å². The molecule has 0 aromatic carbocycles. The molecular weight excluding hydrogens is 240 g/mol. The maximum absolute atomic E-state index is 2.62. The van der Waals surface area contributed by atoms with Gasteiger partial charge in [0.1, 0.15) is 0 Å². The highest BCUT2D eigenvalue weighted by Gasteiger charge is 2.48. The lowest BCUT2D eigenvalue weighted by Gasteiger charge is -2.45. The Balaban J connectivity index is 1.51. The summed E-state index contributed by atoms with van der Waals surface area (Å²) >= 11 is 0. The van der Waals surface area contributed by atoms with Crippen molar-refractivity contribution >= 4 is 0 Å². The summed E-state index contributed by atoms with van der Waals surface area (Å²) in [6.07, 6.45) is 17.4. The molecule has 3 aliphatic carbocycles. The number of hydrogen-bond donors (Lipinski definition) is 0. The molecule has 3 atom stereocenters. The first-order valence-electron chi connectivity index (χ1n) is 9.31. The Kier molecular flexibility index (Phi) is 4.29. The lowest BCUT2D eigenvalue weighted by molar-refractivity contribution is 0.112. The fourth-order valence-electron chi connectivity index (χ4n) is 5.17. The fourth-order valence-corrected chi connectivity index (χ4v) is 5.17. The minimum absolute atomic E-state index is 0.786. The van der Waals surface area contributed by atoms with Crippen LogP contribution in [0.5, 0.6) is 0 Å². The van der Waals surface area contributed by atoms with Crippen LogP contribution >= 0.6 is 0 Å². The first-order valence-corrected chi connectivity index (χ1v) is 9.31. The molecule has 0 saturated heterocycles. The van der Waals surface area contributed by atoms with Crippen molar-refractivity contribution in [2.75, 3.05) is 0 Å². The minimum Gasteiger partial charge on any atom is -0.0853 e. The van der Waals surface area contributed by atoms with Crippen LogP contribution in [0.3, 0.4) is 0 Å². The zero-order valence-corrected chi connectivity index (χ0v) is 14.0. The summed E-state index contributed by atoms with van der Waals surface area (Å²) < 4.78 is 0. The Bertz CT molecular complexity index is 358. The molecule has 3 rings (SSSR count). The van der Waals surface area contributed by atoms with Gasteiger partial charge in [-0.25, -0.2) is 0 Å². The van der Waals surface area contributed by atoms with Gasteiger partial charge in [0.25, 0.3) is 0 Å². The van der Waals surface area contributed by atoms with Crippen LogP contribution in [0.15, 0.2) is 11.6 Å². The maximum Gasteiger partial charge on any atom is -0.0257 e. The zero-order valence-electron chi connectivity index (χ0n) is 14.0. The summed E-state index contributed by atoms with van der Waals surface area (Å²) in [5.41, 5.74) is 2.64. The molecule has 0 amide bonds. The molecule has 3 unspecified atom stereocenters. The Morgan fingerprint density at radius 3 is 2.55 bits per heavy atom. The van der Waals surface area contributed by atoms with E-state index < -0.39 is 0 Å². The van der Waals surface area contributed by atoms with Crippen LogP contribution in [0.2, 0.25) is 0 Å². The van der Waals surface area contributed by atoms with Crippen LogP contribution in [0, 0.1) is 29.1 Å². The molecule has 1 spiro atoms. The van der Waals surface area contributed by atoms with E-state index in [0.29, 0.717) is 0 Å². The maximum atomic E-state index is 2.62. The van der Waals surface area contributed by atoms with Crippen molar-refractivity contribution in [3.63, 3.8) is 0 Å². The van der Waals surface area contributed by atoms with Crippen molar-refractivity contribution in [2.45, 2.75) is 85.0 Å². The largest absolute Gasteiger partial charge is 0.0853 e. The van der Waals surface area contributed by atoms with E-state index in [1.54, 1.807) is 0 Å². The molecule has 20 heavy (non-hydrogen) atoms. The second kappa shape index (κ2) is 5.85. The van der Waals surface area contributed by atoms with Gasteiger partial charge in [-0.15, -0.1) is 0 Å². The van der Waals surface area contributed by atoms with E-state index in [9.17, 15) is 0 Å². The van der Waals surface area contributed by atoms with Crippen LogP contribution in [0.25, 0.3) is 0 Å². The Hall–Kier alpha value is -0.260. The van der Waals surface area contributed by atoms with Gasteiger partial charge >= 0.3 is 0 Å². The van der Waals surface area contributed by atoms with Crippen LogP contribution in [0.4, 0.5) is 0 Å². The molecule has 0 aromatic heterocycles. The molecule has 0 aromatic rings. The van der Waals surface area contributed by atoms with E-state index in [1.807, 2.05) is 5.57 Å². The standard InChI is InChI=1S/C20H34/c1-4-17-18(9-8-15(2)3)19(17)13-16-7-5-10-20(14-16)11-6-12-20/h7,15,17-19H,4-6,8-14H2,1-3H3. The van der Waals surface area contributed by atoms with E-state index in [1.165, 1.54) is 64.2 Å². The summed E-state index contributed by atoms with van der Waals surface area (Å²) in [6, 6.07) is 0. The molecule has 0 heteroatoms. The number of hydrogen-bond acceptors (Lipinski definition) is 0. The van der Waals surface area contributed by atoms with Crippen LogP contribution in [-0.4, -0.2) is 0 Å². The Morgan fingerprint density at radius 2 is 1.95 bits per heavy atom. The molecule has 3 aliphatic rings. The number of allylic oxidation sites excluding steroid dienone is 2. The van der Waals surface area contributed by atoms with Crippen molar-refractivity contribution < 1.29 is 0 Å². The smallest absolute Gasteiger partial charge is 0.0257 e. The highest BCUT2D eigenvalue weighted by molar-refractivity contribution is 5.16. The van der Waals surface area contributed by atoms with Gasteiger partial charge in [-0.2, -0.15) is 0 Å². The summed E-state index contributed by atoms with van der Waals surface area (Å²) in [4.78, 5) is 0. The number of rotatable bonds is 6. The third kappa shape index (κ3) is 3.00. The zero-order chi connectivity index (χ0) is 14.2. The van der Waals surface area contributed by atoms with E-state index in [4.69, 9.17) is 0 Å². The van der Waals surface area contributed by atoms with E-state index in [2.05, 4.69) is 26.8 Å². The van der Waals surface area contributed by atoms with Gasteiger partial charge in [-0.1, -0.05) is 51.7 Å². The molecule has 0 nitrogen and oxygen atoms in total. The van der Waals surface area contributed by atoms with E-state index in [0.717, 1.165) is 29.1 Å². The molecular formula is C20H34. The molecule has 2 saturated carbocycles. The van der Waals surface area contributed by atoms with Crippen molar-refractivity contribution in [2.24, 2.45) is 29.1 Å². The van der Waals surface area contributed by atoms with E-state index in [-0.39, 0.29) is 0 Å². The third-order valence-corrected chi connectivity index (χ3v) is 6.68. The summed E-state index contributed by atoms with van der Waals surface area (Å²) in [5.74, 6) is 4.08. The highest BCUT2D eigenvalue weighted by atomic mass is 14.5.